The van der Waals surface area contributed by atoms with Gasteiger partial charge in [-0.15, -0.1) is 0 Å². The third-order valence-electron chi connectivity index (χ3n) is 2.51. The van der Waals surface area contributed by atoms with E-state index >= 15 is 0 Å². The van der Waals surface area contributed by atoms with E-state index < -0.39 is 10.8 Å². The molecule has 0 amide bonds. The van der Waals surface area contributed by atoms with Gasteiger partial charge in [-0.05, 0) is 6.07 Å². The molecule has 1 heterocycles. The van der Waals surface area contributed by atoms with E-state index in [0.717, 1.165) is 11.3 Å². The van der Waals surface area contributed by atoms with Crippen LogP contribution in [-0.2, 0) is 10.8 Å². The summed E-state index contributed by atoms with van der Waals surface area (Å²) >= 11 is 0. The van der Waals surface area contributed by atoms with Crippen LogP contribution in [0.4, 0.5) is 0 Å². The van der Waals surface area contributed by atoms with Crippen molar-refractivity contribution in [2.75, 3.05) is 12.9 Å². The summed E-state index contributed by atoms with van der Waals surface area (Å²) < 4.78 is 16.9. The fourth-order valence-electron chi connectivity index (χ4n) is 1.67. The molecular formula is C10H13NO2S. The molecule has 3 atom stereocenters. The first-order chi connectivity index (χ1) is 6.70. The highest BCUT2D eigenvalue weighted by Crippen LogP contribution is 2.31. The standard InChI is InChI=1S/C10H13NO2S/c1-14(12)9-6-13-8-5-3-2-4-7(8)10(9)11/h2-5,9-10H,6,11H2,1H3. The first-order valence-electron chi connectivity index (χ1n) is 4.49. The summed E-state index contributed by atoms with van der Waals surface area (Å²) in [5.41, 5.74) is 6.98. The third-order valence-corrected chi connectivity index (χ3v) is 3.79. The van der Waals surface area contributed by atoms with Crippen molar-refractivity contribution in [3.8, 4) is 5.75 Å². The van der Waals surface area contributed by atoms with Crippen molar-refractivity contribution < 1.29 is 8.95 Å². The zero-order chi connectivity index (χ0) is 10.1. The van der Waals surface area contributed by atoms with Gasteiger partial charge in [-0.2, -0.15) is 0 Å². The molecule has 0 saturated carbocycles. The van der Waals surface area contributed by atoms with Crippen molar-refractivity contribution >= 4 is 10.8 Å². The third kappa shape index (κ3) is 1.55. The van der Waals surface area contributed by atoms with Crippen LogP contribution in [0.2, 0.25) is 0 Å². The number of rotatable bonds is 1. The minimum absolute atomic E-state index is 0.0927. The number of hydrogen-bond acceptors (Lipinski definition) is 3. The molecule has 0 aliphatic carbocycles. The Morgan fingerprint density at radius 2 is 2.21 bits per heavy atom. The van der Waals surface area contributed by atoms with Crippen molar-refractivity contribution in [2.45, 2.75) is 11.3 Å². The molecule has 1 aromatic carbocycles. The van der Waals surface area contributed by atoms with Gasteiger partial charge >= 0.3 is 0 Å². The maximum Gasteiger partial charge on any atom is 0.124 e. The predicted molar refractivity (Wildman–Crippen MR) is 56.7 cm³/mol. The van der Waals surface area contributed by atoms with Crippen LogP contribution < -0.4 is 10.5 Å². The van der Waals surface area contributed by atoms with Gasteiger partial charge in [-0.25, -0.2) is 0 Å². The van der Waals surface area contributed by atoms with Crippen LogP contribution in [0.1, 0.15) is 11.6 Å². The van der Waals surface area contributed by atoms with E-state index in [1.807, 2.05) is 24.3 Å². The first kappa shape index (κ1) is 9.68. The highest BCUT2D eigenvalue weighted by atomic mass is 32.2. The van der Waals surface area contributed by atoms with Gasteiger partial charge in [0, 0.05) is 22.6 Å². The molecule has 2 N–H and O–H groups in total. The smallest absolute Gasteiger partial charge is 0.124 e. The quantitative estimate of drug-likeness (QED) is 0.748. The molecule has 0 saturated heterocycles. The van der Waals surface area contributed by atoms with Gasteiger partial charge in [0.05, 0.1) is 11.3 Å². The first-order valence-corrected chi connectivity index (χ1v) is 6.12. The van der Waals surface area contributed by atoms with Crippen molar-refractivity contribution in [3.63, 3.8) is 0 Å². The molecular weight excluding hydrogens is 198 g/mol. The molecule has 0 bridgehead atoms. The Kier molecular flexibility index (Phi) is 2.56. The van der Waals surface area contributed by atoms with E-state index in [0.29, 0.717) is 6.61 Å². The Bertz CT molecular complexity index is 367. The molecule has 1 aromatic rings. The fourth-order valence-corrected chi connectivity index (χ4v) is 2.48. The van der Waals surface area contributed by atoms with Gasteiger partial charge in [0.1, 0.15) is 12.4 Å². The van der Waals surface area contributed by atoms with Crippen molar-refractivity contribution in [2.24, 2.45) is 5.73 Å². The van der Waals surface area contributed by atoms with Crippen molar-refractivity contribution in [1.29, 1.82) is 0 Å². The van der Waals surface area contributed by atoms with Crippen LogP contribution in [0.15, 0.2) is 24.3 Å². The minimum atomic E-state index is -0.939. The Morgan fingerprint density at radius 3 is 2.93 bits per heavy atom. The number of fused-ring (bicyclic) bond motifs is 1. The second-order valence-corrected chi connectivity index (χ2v) is 5.01. The lowest BCUT2D eigenvalue weighted by Crippen LogP contribution is -2.38. The molecule has 0 fully saturated rings. The van der Waals surface area contributed by atoms with Gasteiger partial charge in [-0.1, -0.05) is 18.2 Å². The minimum Gasteiger partial charge on any atom is -0.492 e. The van der Waals surface area contributed by atoms with E-state index in [2.05, 4.69) is 0 Å². The lowest BCUT2D eigenvalue weighted by molar-refractivity contribution is 0.273. The molecule has 0 spiro atoms. The highest BCUT2D eigenvalue weighted by Gasteiger charge is 2.30. The Hall–Kier alpha value is -0.870. The summed E-state index contributed by atoms with van der Waals surface area (Å²) in [6.07, 6.45) is 1.67. The monoisotopic (exact) mass is 211 g/mol. The molecule has 4 heteroatoms. The number of hydrogen-bond donors (Lipinski definition) is 1. The number of ether oxygens (including phenoxy) is 1. The van der Waals surface area contributed by atoms with E-state index in [1.54, 1.807) is 6.26 Å². The van der Waals surface area contributed by atoms with E-state index in [4.69, 9.17) is 10.5 Å². The van der Waals surface area contributed by atoms with Crippen LogP contribution in [0.5, 0.6) is 5.75 Å². The van der Waals surface area contributed by atoms with Gasteiger partial charge in [-0.3, -0.25) is 4.21 Å². The van der Waals surface area contributed by atoms with E-state index in [-0.39, 0.29) is 11.3 Å². The van der Waals surface area contributed by atoms with Crippen molar-refractivity contribution in [3.05, 3.63) is 29.8 Å². The normalized spacial score (nSPS) is 27.6. The molecule has 1 aliphatic rings. The summed E-state index contributed by atoms with van der Waals surface area (Å²) in [6.45, 7) is 0.446. The molecule has 2 rings (SSSR count). The van der Waals surface area contributed by atoms with Crippen LogP contribution in [0.25, 0.3) is 0 Å². The SMILES string of the molecule is CS(=O)C1COc2ccccc2C1N. The van der Waals surface area contributed by atoms with Crippen LogP contribution in [0, 0.1) is 0 Å². The summed E-state index contributed by atoms with van der Waals surface area (Å²) in [5.74, 6) is 0.821. The summed E-state index contributed by atoms with van der Waals surface area (Å²) in [5, 5.41) is -0.0927. The number of nitrogens with two attached hydrogens (primary N) is 1. The lowest BCUT2D eigenvalue weighted by atomic mass is 10.0. The fraction of sp³-hybridized carbons (Fsp3) is 0.400. The molecule has 0 aromatic heterocycles. The van der Waals surface area contributed by atoms with Crippen molar-refractivity contribution in [1.82, 2.24) is 0 Å². The average molecular weight is 211 g/mol. The predicted octanol–water partition coefficient (Wildman–Crippen LogP) is 0.826. The zero-order valence-electron chi connectivity index (χ0n) is 7.97. The molecule has 0 radical (unpaired) electrons. The van der Waals surface area contributed by atoms with Crippen LogP contribution >= 0.6 is 0 Å². The van der Waals surface area contributed by atoms with Gasteiger partial charge in [0.15, 0.2) is 0 Å². The topological polar surface area (TPSA) is 52.3 Å². The Labute approximate surface area is 85.7 Å². The largest absolute Gasteiger partial charge is 0.492 e. The van der Waals surface area contributed by atoms with Gasteiger partial charge < -0.3 is 10.5 Å². The molecule has 1 aliphatic heterocycles. The Balaban J connectivity index is 2.36. The summed E-state index contributed by atoms with van der Waals surface area (Å²) in [7, 11) is -0.939. The molecule has 76 valence electrons. The maximum atomic E-state index is 11.4. The Morgan fingerprint density at radius 1 is 1.50 bits per heavy atom. The number of para-hydroxylation sites is 1. The van der Waals surface area contributed by atoms with E-state index in [1.165, 1.54) is 0 Å². The van der Waals surface area contributed by atoms with Gasteiger partial charge in [0.2, 0.25) is 0 Å². The van der Waals surface area contributed by atoms with Crippen LogP contribution in [0.3, 0.4) is 0 Å². The molecule has 3 nitrogen and oxygen atoms in total. The maximum absolute atomic E-state index is 11.4. The second kappa shape index (κ2) is 3.71. The van der Waals surface area contributed by atoms with Crippen LogP contribution in [-0.4, -0.2) is 22.3 Å². The summed E-state index contributed by atoms with van der Waals surface area (Å²) in [4.78, 5) is 0. The summed E-state index contributed by atoms with van der Waals surface area (Å²) in [6, 6.07) is 7.48. The lowest BCUT2D eigenvalue weighted by Gasteiger charge is -2.29. The zero-order valence-corrected chi connectivity index (χ0v) is 8.79. The van der Waals surface area contributed by atoms with Gasteiger partial charge in [0.25, 0.3) is 0 Å². The average Bonchev–Trinajstić information content (AvgIpc) is 2.18. The highest BCUT2D eigenvalue weighted by molar-refractivity contribution is 7.85. The second-order valence-electron chi connectivity index (χ2n) is 3.41. The molecule has 14 heavy (non-hydrogen) atoms. The molecule has 3 unspecified atom stereocenters. The van der Waals surface area contributed by atoms with E-state index in [9.17, 15) is 4.21 Å². The number of benzene rings is 1.